The fourth-order valence-electron chi connectivity index (χ4n) is 1.70. The second-order valence-electron chi connectivity index (χ2n) is 4.10. The van der Waals surface area contributed by atoms with Crippen LogP contribution in [0, 0.1) is 6.92 Å². The average molecular weight is 234 g/mol. The lowest BCUT2D eigenvalue weighted by molar-refractivity contribution is 0.662. The van der Waals surface area contributed by atoms with Gasteiger partial charge >= 0.3 is 0 Å². The minimum Gasteiger partial charge on any atom is -0.311 e. The number of hydrogen-bond acceptors (Lipinski definition) is 4. The van der Waals surface area contributed by atoms with Crippen molar-refractivity contribution >= 4 is 0 Å². The van der Waals surface area contributed by atoms with Crippen molar-refractivity contribution in [1.29, 1.82) is 0 Å². The van der Waals surface area contributed by atoms with E-state index in [1.807, 2.05) is 26.4 Å². The molecule has 0 spiro atoms. The van der Waals surface area contributed by atoms with Crippen LogP contribution >= 0.6 is 0 Å². The van der Waals surface area contributed by atoms with Gasteiger partial charge in [0.05, 0.1) is 23.8 Å². The van der Waals surface area contributed by atoms with Crippen molar-refractivity contribution in [2.75, 3.05) is 6.54 Å². The van der Waals surface area contributed by atoms with Gasteiger partial charge in [-0.25, -0.2) is 4.68 Å². The van der Waals surface area contributed by atoms with Gasteiger partial charge in [-0.05, 0) is 19.9 Å². The Morgan fingerprint density at radius 2 is 2.18 bits per heavy atom. The highest BCUT2D eigenvalue weighted by molar-refractivity contribution is 5.32. The molecule has 0 saturated heterocycles. The Kier molecular flexibility index (Phi) is 3.53. The highest BCUT2D eigenvalue weighted by Gasteiger charge is 2.08. The summed E-state index contributed by atoms with van der Waals surface area (Å²) in [6.07, 6.45) is 5.00. The van der Waals surface area contributed by atoms with E-state index in [1.165, 1.54) is 0 Å². The number of hydrogen-bond donors (Lipinski definition) is 1. The van der Waals surface area contributed by atoms with Crippen LogP contribution < -0.4 is 5.32 Å². The third-order valence-electron chi connectivity index (χ3n) is 2.51. The van der Waals surface area contributed by atoms with E-state index in [0.717, 1.165) is 36.6 Å². The molecule has 0 saturated carbocycles. The Balaban J connectivity index is 2.10. The van der Waals surface area contributed by atoms with Crippen LogP contribution in [-0.2, 0) is 13.6 Å². The Morgan fingerprint density at radius 1 is 1.35 bits per heavy atom. The van der Waals surface area contributed by atoms with Crippen molar-refractivity contribution in [3.05, 3.63) is 23.8 Å². The number of aryl methyl sites for hydroxylation is 2. The fraction of sp³-hybridized carbons (Fsp3) is 0.545. The normalized spacial score (nSPS) is 11.0. The molecule has 1 N–H and O–H groups in total. The van der Waals surface area contributed by atoms with Crippen LogP contribution in [0.25, 0.3) is 5.69 Å². The number of nitrogens with zero attached hydrogens (tertiary/aromatic N) is 5. The zero-order valence-electron chi connectivity index (χ0n) is 10.5. The molecule has 0 fully saturated rings. The summed E-state index contributed by atoms with van der Waals surface area (Å²) in [6, 6.07) is 0. The van der Waals surface area contributed by atoms with Gasteiger partial charge in [-0.15, -0.1) is 5.10 Å². The maximum atomic E-state index is 4.28. The minimum absolute atomic E-state index is 0.757. The quantitative estimate of drug-likeness (QED) is 0.778. The smallest absolute Gasteiger partial charge is 0.107 e. The topological polar surface area (TPSA) is 60.6 Å². The fourth-order valence-corrected chi connectivity index (χ4v) is 1.70. The number of rotatable bonds is 5. The van der Waals surface area contributed by atoms with Gasteiger partial charge in [-0.3, -0.25) is 4.68 Å². The third kappa shape index (κ3) is 2.71. The second-order valence-corrected chi connectivity index (χ2v) is 4.10. The van der Waals surface area contributed by atoms with Gasteiger partial charge in [-0.2, -0.15) is 5.10 Å². The Morgan fingerprint density at radius 3 is 2.82 bits per heavy atom. The SMILES string of the molecule is CCCNCc1cn(-c2cn(C)nc2C)nn1. The zero-order chi connectivity index (χ0) is 12.3. The molecule has 2 aromatic rings. The summed E-state index contributed by atoms with van der Waals surface area (Å²) in [5, 5.41) is 15.8. The molecule has 0 atom stereocenters. The van der Waals surface area contributed by atoms with Gasteiger partial charge in [0.15, 0.2) is 0 Å². The molecule has 0 aromatic carbocycles. The maximum absolute atomic E-state index is 4.28. The Hall–Kier alpha value is -1.69. The van der Waals surface area contributed by atoms with Gasteiger partial charge in [0.2, 0.25) is 0 Å². The van der Waals surface area contributed by atoms with Crippen LogP contribution in [0.1, 0.15) is 24.7 Å². The van der Waals surface area contributed by atoms with Crippen molar-refractivity contribution < 1.29 is 0 Å². The van der Waals surface area contributed by atoms with Gasteiger partial charge < -0.3 is 5.32 Å². The predicted octanol–water partition coefficient (Wildman–Crippen LogP) is 0.809. The lowest BCUT2D eigenvalue weighted by Crippen LogP contribution is -2.13. The van der Waals surface area contributed by atoms with Gasteiger partial charge in [0, 0.05) is 13.6 Å². The van der Waals surface area contributed by atoms with E-state index in [2.05, 4.69) is 27.7 Å². The standard InChI is InChI=1S/C11H18N6/c1-4-5-12-6-10-7-17(15-13-10)11-8-16(3)14-9(11)2/h7-8,12H,4-6H2,1-3H3. The van der Waals surface area contributed by atoms with Crippen molar-refractivity contribution in [2.24, 2.45) is 7.05 Å². The van der Waals surface area contributed by atoms with E-state index < -0.39 is 0 Å². The van der Waals surface area contributed by atoms with Gasteiger partial charge in [0.25, 0.3) is 0 Å². The first kappa shape index (κ1) is 11.8. The molecule has 2 rings (SSSR count). The third-order valence-corrected chi connectivity index (χ3v) is 2.51. The number of nitrogens with one attached hydrogen (secondary N) is 1. The molecule has 0 aliphatic rings. The van der Waals surface area contributed by atoms with Crippen LogP contribution in [0.5, 0.6) is 0 Å². The van der Waals surface area contributed by atoms with E-state index >= 15 is 0 Å². The van der Waals surface area contributed by atoms with E-state index in [-0.39, 0.29) is 0 Å². The highest BCUT2D eigenvalue weighted by Crippen LogP contribution is 2.10. The second kappa shape index (κ2) is 5.09. The van der Waals surface area contributed by atoms with Crippen LogP contribution in [0.4, 0.5) is 0 Å². The van der Waals surface area contributed by atoms with Gasteiger partial charge in [-0.1, -0.05) is 12.1 Å². The molecule has 17 heavy (non-hydrogen) atoms. The van der Waals surface area contributed by atoms with Gasteiger partial charge in [0.1, 0.15) is 5.69 Å². The highest BCUT2D eigenvalue weighted by atomic mass is 15.4. The summed E-state index contributed by atoms with van der Waals surface area (Å²) >= 11 is 0. The molecule has 0 bridgehead atoms. The number of aromatic nitrogens is 5. The summed E-state index contributed by atoms with van der Waals surface area (Å²) in [6.45, 7) is 5.86. The van der Waals surface area contributed by atoms with E-state index in [0.29, 0.717) is 0 Å². The molecule has 0 aliphatic heterocycles. The van der Waals surface area contributed by atoms with Crippen LogP contribution in [0.2, 0.25) is 0 Å². The van der Waals surface area contributed by atoms with Crippen molar-refractivity contribution in [3.63, 3.8) is 0 Å². The molecule has 6 heteroatoms. The van der Waals surface area contributed by atoms with E-state index in [9.17, 15) is 0 Å². The van der Waals surface area contributed by atoms with Crippen LogP contribution in [0.3, 0.4) is 0 Å². The Labute approximate surface area is 101 Å². The zero-order valence-corrected chi connectivity index (χ0v) is 10.5. The summed E-state index contributed by atoms with van der Waals surface area (Å²) in [4.78, 5) is 0. The molecule has 0 amide bonds. The van der Waals surface area contributed by atoms with Crippen LogP contribution in [0.15, 0.2) is 12.4 Å². The Bertz CT molecular complexity index is 484. The van der Waals surface area contributed by atoms with Crippen molar-refractivity contribution in [1.82, 2.24) is 30.1 Å². The minimum atomic E-state index is 0.757. The molecular formula is C11H18N6. The van der Waals surface area contributed by atoms with E-state index in [1.54, 1.807) is 9.36 Å². The first-order chi connectivity index (χ1) is 8.20. The molecule has 92 valence electrons. The molecule has 0 unspecified atom stereocenters. The molecule has 6 nitrogen and oxygen atoms in total. The summed E-state index contributed by atoms with van der Waals surface area (Å²) in [7, 11) is 1.90. The van der Waals surface area contributed by atoms with E-state index in [4.69, 9.17) is 0 Å². The monoisotopic (exact) mass is 234 g/mol. The molecule has 0 radical (unpaired) electrons. The molecule has 0 aliphatic carbocycles. The molecule has 2 aromatic heterocycles. The van der Waals surface area contributed by atoms with Crippen molar-refractivity contribution in [3.8, 4) is 5.69 Å². The maximum Gasteiger partial charge on any atom is 0.107 e. The predicted molar refractivity (Wildman–Crippen MR) is 64.9 cm³/mol. The van der Waals surface area contributed by atoms with Crippen LogP contribution in [-0.4, -0.2) is 31.3 Å². The lowest BCUT2D eigenvalue weighted by atomic mass is 10.4. The lowest BCUT2D eigenvalue weighted by Gasteiger charge is -1.97. The summed E-state index contributed by atoms with van der Waals surface area (Å²) < 4.78 is 3.55. The summed E-state index contributed by atoms with van der Waals surface area (Å²) in [5.74, 6) is 0. The first-order valence-electron chi connectivity index (χ1n) is 5.83. The molecular weight excluding hydrogens is 216 g/mol. The first-order valence-corrected chi connectivity index (χ1v) is 5.83. The van der Waals surface area contributed by atoms with Crippen molar-refractivity contribution in [2.45, 2.75) is 26.8 Å². The summed E-state index contributed by atoms with van der Waals surface area (Å²) in [5.41, 5.74) is 2.87. The average Bonchev–Trinajstić information content (AvgIpc) is 2.86. The largest absolute Gasteiger partial charge is 0.311 e. The molecule has 2 heterocycles.